The van der Waals surface area contributed by atoms with Gasteiger partial charge in [0.1, 0.15) is 0 Å². The van der Waals surface area contributed by atoms with E-state index in [-0.39, 0.29) is 35.6 Å². The Bertz CT molecular complexity index is 288. The maximum atomic E-state index is 11.3. The Labute approximate surface area is 75.8 Å². The molecule has 0 N–H and O–H groups in total. The molecular weight excluding hydrogens is 168 g/mol. The van der Waals surface area contributed by atoms with Gasteiger partial charge < -0.3 is 4.74 Å². The fourth-order valence-electron chi connectivity index (χ4n) is 2.87. The molecule has 4 aliphatic rings. The molecule has 4 rings (SSSR count). The van der Waals surface area contributed by atoms with Crippen molar-refractivity contribution in [3.05, 3.63) is 12.2 Å². The lowest BCUT2D eigenvalue weighted by Gasteiger charge is -2.37. The zero-order chi connectivity index (χ0) is 9.00. The summed E-state index contributed by atoms with van der Waals surface area (Å²) >= 11 is 0. The summed E-state index contributed by atoms with van der Waals surface area (Å²) in [6, 6.07) is 0. The molecule has 0 unspecified atom stereocenters. The van der Waals surface area contributed by atoms with Crippen LogP contribution in [-0.4, -0.2) is 11.9 Å². The zero-order valence-corrected chi connectivity index (χ0v) is 7.10. The van der Waals surface area contributed by atoms with Gasteiger partial charge in [0.25, 0.3) is 0 Å². The Morgan fingerprint density at radius 2 is 1.46 bits per heavy atom. The number of fused-ring (bicyclic) bond motifs is 1. The summed E-state index contributed by atoms with van der Waals surface area (Å²) < 4.78 is 4.67. The maximum Gasteiger partial charge on any atom is 0.318 e. The van der Waals surface area contributed by atoms with E-state index in [0.29, 0.717) is 0 Å². The van der Waals surface area contributed by atoms with Crippen molar-refractivity contribution in [3.8, 4) is 0 Å². The van der Waals surface area contributed by atoms with Gasteiger partial charge in [0.15, 0.2) is 0 Å². The van der Waals surface area contributed by atoms with Crippen molar-refractivity contribution in [1.29, 1.82) is 0 Å². The van der Waals surface area contributed by atoms with Gasteiger partial charge in [-0.15, -0.1) is 0 Å². The molecule has 1 saturated carbocycles. The molecule has 3 heteroatoms. The molecule has 0 aromatic carbocycles. The van der Waals surface area contributed by atoms with Gasteiger partial charge in [0, 0.05) is 0 Å². The van der Waals surface area contributed by atoms with Crippen molar-refractivity contribution in [2.75, 3.05) is 0 Å². The van der Waals surface area contributed by atoms with Crippen LogP contribution in [0.5, 0.6) is 0 Å². The first-order valence-electron chi connectivity index (χ1n) is 4.71. The lowest BCUT2D eigenvalue weighted by atomic mass is 9.63. The van der Waals surface area contributed by atoms with Crippen molar-refractivity contribution in [2.24, 2.45) is 23.7 Å². The van der Waals surface area contributed by atoms with Gasteiger partial charge >= 0.3 is 11.9 Å². The molecular formula is C10H10O3. The van der Waals surface area contributed by atoms with Crippen molar-refractivity contribution in [3.63, 3.8) is 0 Å². The van der Waals surface area contributed by atoms with Crippen molar-refractivity contribution in [2.45, 2.75) is 12.8 Å². The maximum absolute atomic E-state index is 11.3. The highest BCUT2D eigenvalue weighted by molar-refractivity contribution is 5.97. The Morgan fingerprint density at radius 1 is 1.00 bits per heavy atom. The number of hydrogen-bond donors (Lipinski definition) is 0. The molecule has 0 aromatic rings. The number of hydrogen-bond acceptors (Lipinski definition) is 3. The minimum atomic E-state index is -0.297. The second-order valence-corrected chi connectivity index (χ2v) is 4.08. The van der Waals surface area contributed by atoms with Gasteiger partial charge in [-0.25, -0.2) is 0 Å². The van der Waals surface area contributed by atoms with Gasteiger partial charge in [0.05, 0.1) is 11.8 Å². The number of allylic oxidation sites excluding steroid dienone is 2. The minimum Gasteiger partial charge on any atom is -0.393 e. The average Bonchev–Trinajstić information content (AvgIpc) is 2.47. The molecule has 2 bridgehead atoms. The van der Waals surface area contributed by atoms with Crippen LogP contribution < -0.4 is 0 Å². The summed E-state index contributed by atoms with van der Waals surface area (Å²) in [4.78, 5) is 22.7. The van der Waals surface area contributed by atoms with Crippen LogP contribution in [0.25, 0.3) is 0 Å². The van der Waals surface area contributed by atoms with Crippen LogP contribution in [0.3, 0.4) is 0 Å². The molecule has 2 fully saturated rings. The molecule has 3 nitrogen and oxygen atoms in total. The lowest BCUT2D eigenvalue weighted by molar-refractivity contribution is -0.154. The molecule has 0 amide bonds. The van der Waals surface area contributed by atoms with Crippen LogP contribution in [0, 0.1) is 23.7 Å². The Morgan fingerprint density at radius 3 is 1.85 bits per heavy atom. The van der Waals surface area contributed by atoms with E-state index in [9.17, 15) is 9.59 Å². The third kappa shape index (κ3) is 0.794. The van der Waals surface area contributed by atoms with E-state index in [1.54, 1.807) is 0 Å². The smallest absolute Gasteiger partial charge is 0.318 e. The summed E-state index contributed by atoms with van der Waals surface area (Å²) in [5.41, 5.74) is 0. The highest BCUT2D eigenvalue weighted by Crippen LogP contribution is 2.48. The first-order valence-corrected chi connectivity index (χ1v) is 4.71. The van der Waals surface area contributed by atoms with Gasteiger partial charge in [0.2, 0.25) is 0 Å². The van der Waals surface area contributed by atoms with Gasteiger partial charge in [-0.2, -0.15) is 0 Å². The van der Waals surface area contributed by atoms with Crippen molar-refractivity contribution in [1.82, 2.24) is 0 Å². The van der Waals surface area contributed by atoms with Crippen LogP contribution in [-0.2, 0) is 14.3 Å². The second kappa shape index (κ2) is 2.22. The summed E-state index contributed by atoms with van der Waals surface area (Å²) in [6.07, 6.45) is 6.22. The fourth-order valence-corrected chi connectivity index (χ4v) is 2.87. The molecule has 3 aliphatic carbocycles. The van der Waals surface area contributed by atoms with E-state index < -0.39 is 0 Å². The zero-order valence-electron chi connectivity index (χ0n) is 7.10. The van der Waals surface area contributed by atoms with Gasteiger partial charge in [-0.1, -0.05) is 12.2 Å². The molecule has 4 atom stereocenters. The first kappa shape index (κ1) is 7.30. The van der Waals surface area contributed by atoms with Gasteiger partial charge in [-0.05, 0) is 24.7 Å². The van der Waals surface area contributed by atoms with E-state index in [1.807, 2.05) is 0 Å². The van der Waals surface area contributed by atoms with E-state index in [2.05, 4.69) is 16.9 Å². The van der Waals surface area contributed by atoms with Gasteiger partial charge in [-0.3, -0.25) is 9.59 Å². The standard InChI is InChI=1S/C10H10O3/c11-9-7-5-1-2-6(4-3-5)8(7)10(12)13-9/h1-2,5-8H,3-4H2/t5-,6+,7+,8-. The van der Waals surface area contributed by atoms with Crippen LogP contribution in [0.4, 0.5) is 0 Å². The monoisotopic (exact) mass is 178 g/mol. The van der Waals surface area contributed by atoms with E-state index in [1.165, 1.54) is 0 Å². The fraction of sp³-hybridized carbons (Fsp3) is 0.600. The SMILES string of the molecule is O=C1OC(=O)[C@H]2[C@@H]1[C@@H]1C=C[C@H]2CC1. The third-order valence-corrected chi connectivity index (χ3v) is 3.49. The lowest BCUT2D eigenvalue weighted by Crippen LogP contribution is -2.38. The van der Waals surface area contributed by atoms with Crippen LogP contribution in [0.2, 0.25) is 0 Å². The van der Waals surface area contributed by atoms with Crippen molar-refractivity contribution >= 4 is 11.9 Å². The summed E-state index contributed by atoms with van der Waals surface area (Å²) in [5.74, 6) is -0.390. The highest BCUT2D eigenvalue weighted by atomic mass is 16.6. The van der Waals surface area contributed by atoms with E-state index >= 15 is 0 Å². The Balaban J connectivity index is 2.07. The number of rotatable bonds is 0. The first-order chi connectivity index (χ1) is 6.27. The van der Waals surface area contributed by atoms with Crippen LogP contribution >= 0.6 is 0 Å². The topological polar surface area (TPSA) is 43.4 Å². The average molecular weight is 178 g/mol. The number of esters is 2. The predicted octanol–water partition coefficient (Wildman–Crippen LogP) is 0.898. The molecule has 68 valence electrons. The number of ether oxygens (including phenoxy) is 1. The third-order valence-electron chi connectivity index (χ3n) is 3.49. The molecule has 1 heterocycles. The highest BCUT2D eigenvalue weighted by Gasteiger charge is 2.54. The summed E-state index contributed by atoms with van der Waals surface area (Å²) in [6.45, 7) is 0. The number of cyclic esters (lactones) is 2. The minimum absolute atomic E-state index is 0.156. The quantitative estimate of drug-likeness (QED) is 0.314. The largest absolute Gasteiger partial charge is 0.393 e. The van der Waals surface area contributed by atoms with Crippen molar-refractivity contribution < 1.29 is 14.3 Å². The van der Waals surface area contributed by atoms with E-state index in [4.69, 9.17) is 0 Å². The Hall–Kier alpha value is -1.12. The number of carbonyl (C=O) groups is 2. The predicted molar refractivity (Wildman–Crippen MR) is 43.4 cm³/mol. The molecule has 0 aromatic heterocycles. The Kier molecular flexibility index (Phi) is 1.25. The molecule has 1 saturated heterocycles. The van der Waals surface area contributed by atoms with Crippen LogP contribution in [0.1, 0.15) is 12.8 Å². The normalized spacial score (nSPS) is 46.5. The molecule has 0 spiro atoms. The summed E-state index contributed by atoms with van der Waals surface area (Å²) in [5, 5.41) is 0. The number of carbonyl (C=O) groups excluding carboxylic acids is 2. The summed E-state index contributed by atoms with van der Waals surface area (Å²) in [7, 11) is 0. The van der Waals surface area contributed by atoms with Crippen LogP contribution in [0.15, 0.2) is 12.2 Å². The molecule has 0 radical (unpaired) electrons. The second-order valence-electron chi connectivity index (χ2n) is 4.08. The molecule has 13 heavy (non-hydrogen) atoms. The van der Waals surface area contributed by atoms with E-state index in [0.717, 1.165) is 12.8 Å². The molecule has 1 aliphatic heterocycles.